The normalized spacial score (nSPS) is 15.8. The Labute approximate surface area is 139 Å². The minimum Gasteiger partial charge on any atom is -0.497 e. The van der Waals surface area contributed by atoms with Crippen LogP contribution in [-0.4, -0.2) is 21.9 Å². The summed E-state index contributed by atoms with van der Waals surface area (Å²) in [6.07, 6.45) is 2.55. The number of fused-ring (bicyclic) bond motifs is 1. The third kappa shape index (κ3) is 2.67. The molecule has 1 atom stereocenters. The van der Waals surface area contributed by atoms with Crippen LogP contribution in [0.5, 0.6) is 5.75 Å². The van der Waals surface area contributed by atoms with Gasteiger partial charge in [0.2, 0.25) is 0 Å². The average molecular weight is 328 g/mol. The zero-order valence-corrected chi connectivity index (χ0v) is 14.4. The van der Waals surface area contributed by atoms with E-state index in [2.05, 4.69) is 22.5 Å². The molecule has 6 heteroatoms. The maximum atomic E-state index is 5.26. The molecule has 1 aliphatic rings. The minimum atomic E-state index is 0.315. The van der Waals surface area contributed by atoms with Gasteiger partial charge >= 0.3 is 0 Å². The largest absolute Gasteiger partial charge is 0.497 e. The molecule has 0 spiro atoms. The molecular formula is C17H20N4OS. The lowest BCUT2D eigenvalue weighted by atomic mass is 10.0. The molecule has 5 nitrogen and oxygen atoms in total. The molecule has 0 aliphatic heterocycles. The summed E-state index contributed by atoms with van der Waals surface area (Å²) >= 11 is 1.69. The van der Waals surface area contributed by atoms with Crippen LogP contribution in [-0.2, 0) is 7.05 Å². The average Bonchev–Trinajstić information content (AvgIpc) is 3.25. The van der Waals surface area contributed by atoms with Gasteiger partial charge in [0.25, 0.3) is 0 Å². The maximum Gasteiger partial charge on any atom is 0.185 e. The number of benzene rings is 1. The second kappa shape index (κ2) is 5.53. The van der Waals surface area contributed by atoms with E-state index in [4.69, 9.17) is 9.72 Å². The lowest BCUT2D eigenvalue weighted by molar-refractivity contribution is 0.414. The first-order valence-corrected chi connectivity index (χ1v) is 8.68. The van der Waals surface area contributed by atoms with Gasteiger partial charge in [0, 0.05) is 7.05 Å². The molecule has 0 radical (unpaired) electrons. The second-order valence-corrected chi connectivity index (χ2v) is 7.11. The topological polar surface area (TPSA) is 52.0 Å². The van der Waals surface area contributed by atoms with E-state index >= 15 is 0 Å². The van der Waals surface area contributed by atoms with Crippen LogP contribution in [0.3, 0.4) is 0 Å². The number of ether oxygens (including phenoxy) is 1. The van der Waals surface area contributed by atoms with Crippen LogP contribution in [0.25, 0.3) is 10.3 Å². The van der Waals surface area contributed by atoms with E-state index in [1.807, 2.05) is 30.8 Å². The van der Waals surface area contributed by atoms with Crippen molar-refractivity contribution in [2.45, 2.75) is 25.8 Å². The zero-order chi connectivity index (χ0) is 16.0. The molecule has 0 bridgehead atoms. The van der Waals surface area contributed by atoms with E-state index in [0.717, 1.165) is 22.2 Å². The first-order chi connectivity index (χ1) is 11.2. The number of rotatable bonds is 5. The van der Waals surface area contributed by atoms with Gasteiger partial charge in [-0.2, -0.15) is 5.10 Å². The van der Waals surface area contributed by atoms with Crippen molar-refractivity contribution in [2.75, 3.05) is 12.4 Å². The Kier molecular flexibility index (Phi) is 3.49. The Bertz CT molecular complexity index is 798. The first kappa shape index (κ1) is 14.5. The smallest absolute Gasteiger partial charge is 0.185 e. The van der Waals surface area contributed by atoms with Gasteiger partial charge in [0.1, 0.15) is 5.75 Å². The lowest BCUT2D eigenvalue weighted by Gasteiger charge is -2.18. The maximum absolute atomic E-state index is 5.26. The van der Waals surface area contributed by atoms with Gasteiger partial charge in [-0.15, -0.1) is 0 Å². The number of anilines is 1. The summed E-state index contributed by atoms with van der Waals surface area (Å²) in [5.74, 6) is 1.58. The highest BCUT2D eigenvalue weighted by atomic mass is 32.1. The molecule has 3 aromatic rings. The fourth-order valence-corrected chi connectivity index (χ4v) is 3.96. The Morgan fingerprint density at radius 3 is 2.65 bits per heavy atom. The number of thiazole rings is 1. The summed E-state index contributed by atoms with van der Waals surface area (Å²) in [6, 6.07) is 8.66. The zero-order valence-electron chi connectivity index (χ0n) is 13.5. The van der Waals surface area contributed by atoms with E-state index in [9.17, 15) is 0 Å². The van der Waals surface area contributed by atoms with Gasteiger partial charge < -0.3 is 10.1 Å². The molecule has 1 aliphatic carbocycles. The molecule has 4 rings (SSSR count). The van der Waals surface area contributed by atoms with Gasteiger partial charge in [-0.1, -0.05) is 23.5 Å². The highest BCUT2D eigenvalue weighted by Gasteiger charge is 2.33. The predicted molar refractivity (Wildman–Crippen MR) is 93.2 cm³/mol. The molecule has 23 heavy (non-hydrogen) atoms. The molecule has 0 amide bonds. The van der Waals surface area contributed by atoms with E-state index in [1.165, 1.54) is 23.1 Å². The molecule has 2 aromatic heterocycles. The van der Waals surface area contributed by atoms with E-state index in [-0.39, 0.29) is 0 Å². The number of nitrogens with one attached hydrogen (secondary N) is 1. The molecular weight excluding hydrogens is 308 g/mol. The monoisotopic (exact) mass is 328 g/mol. The first-order valence-electron chi connectivity index (χ1n) is 7.86. The standard InChI is InChI=1S/C17H20N4OS/c1-10-15-16(21(2)20-10)19-17(23-15)18-14(11-4-5-11)12-6-8-13(22-3)9-7-12/h6-9,11,14H,4-5H2,1-3H3,(H,18,19)/t14-/m1/s1. The quantitative estimate of drug-likeness (QED) is 0.771. The molecule has 120 valence electrons. The van der Waals surface area contributed by atoms with E-state index in [1.54, 1.807) is 18.4 Å². The van der Waals surface area contributed by atoms with E-state index in [0.29, 0.717) is 12.0 Å². The van der Waals surface area contributed by atoms with Crippen LogP contribution in [0.4, 0.5) is 5.13 Å². The highest BCUT2D eigenvalue weighted by Crippen LogP contribution is 2.44. The van der Waals surface area contributed by atoms with Crippen LogP contribution < -0.4 is 10.1 Å². The lowest BCUT2D eigenvalue weighted by Crippen LogP contribution is -2.12. The number of aryl methyl sites for hydroxylation is 2. The second-order valence-electron chi connectivity index (χ2n) is 6.11. The number of methoxy groups -OCH3 is 1. The molecule has 0 saturated heterocycles. The van der Waals surface area contributed by atoms with Gasteiger partial charge in [0.15, 0.2) is 10.8 Å². The van der Waals surface area contributed by atoms with Gasteiger partial charge in [-0.05, 0) is 43.4 Å². The molecule has 1 saturated carbocycles. The summed E-state index contributed by atoms with van der Waals surface area (Å²) in [7, 11) is 3.64. The Morgan fingerprint density at radius 1 is 1.30 bits per heavy atom. The van der Waals surface area contributed by atoms with Crippen molar-refractivity contribution in [2.24, 2.45) is 13.0 Å². The van der Waals surface area contributed by atoms with Crippen molar-refractivity contribution in [1.29, 1.82) is 0 Å². The Morgan fingerprint density at radius 2 is 2.04 bits per heavy atom. The van der Waals surface area contributed by atoms with Gasteiger partial charge in [0.05, 0.1) is 23.5 Å². The molecule has 1 fully saturated rings. The van der Waals surface area contributed by atoms with Gasteiger partial charge in [-0.3, -0.25) is 0 Å². The highest BCUT2D eigenvalue weighted by molar-refractivity contribution is 7.22. The van der Waals surface area contributed by atoms with Crippen molar-refractivity contribution in [3.05, 3.63) is 35.5 Å². The van der Waals surface area contributed by atoms with Crippen LogP contribution >= 0.6 is 11.3 Å². The molecule has 1 N–H and O–H groups in total. The fraction of sp³-hybridized carbons (Fsp3) is 0.412. The number of hydrogen-bond donors (Lipinski definition) is 1. The van der Waals surface area contributed by atoms with Crippen molar-refractivity contribution < 1.29 is 4.74 Å². The Balaban J connectivity index is 1.63. The molecule has 1 aromatic carbocycles. The van der Waals surface area contributed by atoms with Crippen molar-refractivity contribution >= 4 is 26.8 Å². The minimum absolute atomic E-state index is 0.315. The molecule has 2 heterocycles. The molecule has 0 unspecified atom stereocenters. The Hall–Kier alpha value is -2.08. The predicted octanol–water partition coefficient (Wildman–Crippen LogP) is 3.91. The van der Waals surface area contributed by atoms with Crippen molar-refractivity contribution in [1.82, 2.24) is 14.8 Å². The van der Waals surface area contributed by atoms with Crippen LogP contribution in [0.2, 0.25) is 0 Å². The number of nitrogens with zero attached hydrogens (tertiary/aromatic N) is 3. The van der Waals surface area contributed by atoms with E-state index < -0.39 is 0 Å². The summed E-state index contributed by atoms with van der Waals surface area (Å²) in [6.45, 7) is 2.03. The third-order valence-corrected chi connectivity index (χ3v) is 5.48. The number of aromatic nitrogens is 3. The summed E-state index contributed by atoms with van der Waals surface area (Å²) in [5, 5.41) is 9.04. The summed E-state index contributed by atoms with van der Waals surface area (Å²) < 4.78 is 8.28. The number of hydrogen-bond acceptors (Lipinski definition) is 5. The van der Waals surface area contributed by atoms with Crippen LogP contribution in [0.1, 0.15) is 30.1 Å². The third-order valence-electron chi connectivity index (χ3n) is 4.39. The van der Waals surface area contributed by atoms with Crippen LogP contribution in [0, 0.1) is 12.8 Å². The summed E-state index contributed by atoms with van der Waals surface area (Å²) in [4.78, 5) is 4.73. The van der Waals surface area contributed by atoms with Crippen LogP contribution in [0.15, 0.2) is 24.3 Å². The fourth-order valence-electron chi connectivity index (χ4n) is 2.99. The summed E-state index contributed by atoms with van der Waals surface area (Å²) in [5.41, 5.74) is 3.29. The van der Waals surface area contributed by atoms with Gasteiger partial charge in [-0.25, -0.2) is 9.67 Å². The van der Waals surface area contributed by atoms with Crippen molar-refractivity contribution in [3.8, 4) is 5.75 Å². The van der Waals surface area contributed by atoms with Crippen molar-refractivity contribution in [3.63, 3.8) is 0 Å². The SMILES string of the molecule is COc1ccc([C@H](Nc2nc3c(s2)c(C)nn3C)C2CC2)cc1.